The first-order valence-electron chi connectivity index (χ1n) is 7.89. The van der Waals surface area contributed by atoms with Gasteiger partial charge in [0.1, 0.15) is 0 Å². The number of carbonyl (C=O) groups is 2. The van der Waals surface area contributed by atoms with Gasteiger partial charge in [-0.25, -0.2) is 0 Å². The molecule has 0 bridgehead atoms. The van der Waals surface area contributed by atoms with Crippen LogP contribution in [0.5, 0.6) is 0 Å². The van der Waals surface area contributed by atoms with Gasteiger partial charge in [-0.15, -0.1) is 0 Å². The second-order valence-electron chi connectivity index (χ2n) is 6.21. The zero-order valence-corrected chi connectivity index (χ0v) is 12.7. The summed E-state index contributed by atoms with van der Waals surface area (Å²) in [4.78, 5) is 25.4. The Hall–Kier alpha value is -1.14. The zero-order chi connectivity index (χ0) is 15.2. The predicted octanol–water partition coefficient (Wildman–Crippen LogP) is 0.714. The molecule has 2 N–H and O–H groups in total. The first-order chi connectivity index (χ1) is 10.1. The number of carboxylic acids is 1. The van der Waals surface area contributed by atoms with Crippen LogP contribution in [0.1, 0.15) is 32.6 Å². The molecule has 1 atom stereocenters. The highest BCUT2D eigenvalue weighted by atomic mass is 16.5. The Balaban J connectivity index is 1.70. The molecule has 0 aromatic rings. The minimum absolute atomic E-state index is 0.0206. The summed E-state index contributed by atoms with van der Waals surface area (Å²) < 4.78 is 5.31. The van der Waals surface area contributed by atoms with E-state index < -0.39 is 5.97 Å². The monoisotopic (exact) mass is 298 g/mol. The molecule has 2 rings (SSSR count). The van der Waals surface area contributed by atoms with Crippen LogP contribution >= 0.6 is 0 Å². The fourth-order valence-corrected chi connectivity index (χ4v) is 3.18. The zero-order valence-electron chi connectivity index (χ0n) is 12.7. The summed E-state index contributed by atoms with van der Waals surface area (Å²) >= 11 is 0. The second-order valence-corrected chi connectivity index (χ2v) is 6.21. The number of carboxylic acid groups (broad SMARTS) is 1. The summed E-state index contributed by atoms with van der Waals surface area (Å²) in [5.41, 5.74) is 0. The molecule has 0 radical (unpaired) electrons. The molecule has 1 heterocycles. The van der Waals surface area contributed by atoms with E-state index in [-0.39, 0.29) is 23.8 Å². The molecule has 1 saturated carbocycles. The van der Waals surface area contributed by atoms with Gasteiger partial charge in [-0.3, -0.25) is 14.5 Å². The quantitative estimate of drug-likeness (QED) is 0.781. The van der Waals surface area contributed by atoms with Gasteiger partial charge in [0.2, 0.25) is 5.91 Å². The predicted molar refractivity (Wildman–Crippen MR) is 77.9 cm³/mol. The van der Waals surface area contributed by atoms with Gasteiger partial charge in [-0.1, -0.05) is 0 Å². The number of carbonyl (C=O) groups excluding carboxylic acids is 1. The number of aliphatic carboxylic acids is 1. The molecule has 1 unspecified atom stereocenters. The van der Waals surface area contributed by atoms with Crippen molar-refractivity contribution in [3.8, 4) is 0 Å². The van der Waals surface area contributed by atoms with E-state index >= 15 is 0 Å². The van der Waals surface area contributed by atoms with Crippen LogP contribution in [0.15, 0.2) is 0 Å². The Bertz CT molecular complexity index is 361. The maximum Gasteiger partial charge on any atom is 0.306 e. The summed E-state index contributed by atoms with van der Waals surface area (Å²) in [6.45, 7) is 6.24. The largest absolute Gasteiger partial charge is 0.481 e. The number of nitrogens with one attached hydrogen (secondary N) is 1. The molecule has 1 saturated heterocycles. The minimum atomic E-state index is -0.727. The molecule has 0 spiro atoms. The molecule has 0 aromatic heterocycles. The fourth-order valence-electron chi connectivity index (χ4n) is 3.18. The summed E-state index contributed by atoms with van der Waals surface area (Å²) in [5, 5.41) is 12.0. The fraction of sp³-hybridized carbons (Fsp3) is 0.867. The maximum absolute atomic E-state index is 12.2. The number of nitrogens with zero attached hydrogens (tertiary/aromatic N) is 1. The Morgan fingerprint density at radius 2 is 1.76 bits per heavy atom. The molecular weight excluding hydrogens is 272 g/mol. The van der Waals surface area contributed by atoms with Crippen LogP contribution in [-0.4, -0.2) is 60.8 Å². The van der Waals surface area contributed by atoms with Crippen LogP contribution in [0.4, 0.5) is 0 Å². The van der Waals surface area contributed by atoms with Gasteiger partial charge in [-0.2, -0.15) is 0 Å². The van der Waals surface area contributed by atoms with E-state index in [9.17, 15) is 9.59 Å². The normalized spacial score (nSPS) is 28.8. The minimum Gasteiger partial charge on any atom is -0.481 e. The third-order valence-corrected chi connectivity index (χ3v) is 4.47. The summed E-state index contributed by atoms with van der Waals surface area (Å²) in [5.74, 6) is -0.929. The van der Waals surface area contributed by atoms with Gasteiger partial charge >= 0.3 is 5.97 Å². The topological polar surface area (TPSA) is 78.9 Å². The Kier molecular flexibility index (Phi) is 5.99. The lowest BCUT2D eigenvalue weighted by molar-refractivity contribution is -0.144. The van der Waals surface area contributed by atoms with E-state index in [0.717, 1.165) is 32.8 Å². The number of ether oxygens (including phenoxy) is 1. The van der Waals surface area contributed by atoms with Gasteiger partial charge in [0.25, 0.3) is 0 Å². The highest BCUT2D eigenvalue weighted by Crippen LogP contribution is 2.29. The number of hydrogen-bond donors (Lipinski definition) is 2. The van der Waals surface area contributed by atoms with Crippen LogP contribution in [0, 0.1) is 11.8 Å². The molecule has 6 heteroatoms. The van der Waals surface area contributed by atoms with Crippen LogP contribution in [-0.2, 0) is 14.3 Å². The van der Waals surface area contributed by atoms with Crippen LogP contribution in [0.2, 0.25) is 0 Å². The lowest BCUT2D eigenvalue weighted by atomic mass is 9.81. The average Bonchev–Trinajstić information content (AvgIpc) is 2.48. The Morgan fingerprint density at radius 1 is 1.19 bits per heavy atom. The molecule has 2 fully saturated rings. The number of morpholine rings is 1. The van der Waals surface area contributed by atoms with Crippen molar-refractivity contribution in [2.24, 2.45) is 11.8 Å². The van der Waals surface area contributed by atoms with Gasteiger partial charge in [0.15, 0.2) is 0 Å². The third-order valence-electron chi connectivity index (χ3n) is 4.47. The van der Waals surface area contributed by atoms with E-state index in [2.05, 4.69) is 10.2 Å². The number of amides is 1. The number of hydrogen-bond acceptors (Lipinski definition) is 4. The summed E-state index contributed by atoms with van der Waals surface area (Å²) in [6, 6.07) is 0.118. The van der Waals surface area contributed by atoms with Crippen molar-refractivity contribution in [2.75, 3.05) is 32.8 Å². The first-order valence-corrected chi connectivity index (χ1v) is 7.89. The van der Waals surface area contributed by atoms with Crippen molar-refractivity contribution in [1.29, 1.82) is 0 Å². The molecule has 21 heavy (non-hydrogen) atoms. The Labute approximate surface area is 125 Å². The van der Waals surface area contributed by atoms with Gasteiger partial charge in [-0.05, 0) is 32.6 Å². The van der Waals surface area contributed by atoms with E-state index in [1.165, 1.54) is 0 Å². The van der Waals surface area contributed by atoms with Crippen molar-refractivity contribution in [3.05, 3.63) is 0 Å². The standard InChI is InChI=1S/C15H26N2O4/c1-11(10-17-6-8-21-9-7-17)16-14(18)12-2-4-13(5-3-12)15(19)20/h11-13H,2-10H2,1H3,(H,16,18)(H,19,20). The highest BCUT2D eigenvalue weighted by molar-refractivity contribution is 5.79. The average molecular weight is 298 g/mol. The van der Waals surface area contributed by atoms with Crippen molar-refractivity contribution in [2.45, 2.75) is 38.6 Å². The molecule has 1 amide bonds. The maximum atomic E-state index is 12.2. The smallest absolute Gasteiger partial charge is 0.306 e. The van der Waals surface area contributed by atoms with Crippen molar-refractivity contribution >= 4 is 11.9 Å². The Morgan fingerprint density at radius 3 is 2.33 bits per heavy atom. The molecule has 6 nitrogen and oxygen atoms in total. The SMILES string of the molecule is CC(CN1CCOCC1)NC(=O)C1CCC(C(=O)O)CC1. The molecule has 1 aliphatic heterocycles. The number of rotatable bonds is 5. The van der Waals surface area contributed by atoms with Crippen LogP contribution < -0.4 is 5.32 Å². The first kappa shape index (κ1) is 16.2. The van der Waals surface area contributed by atoms with Crippen molar-refractivity contribution < 1.29 is 19.4 Å². The highest BCUT2D eigenvalue weighted by Gasteiger charge is 2.30. The van der Waals surface area contributed by atoms with Crippen LogP contribution in [0.25, 0.3) is 0 Å². The van der Waals surface area contributed by atoms with E-state index in [0.29, 0.717) is 25.7 Å². The van der Waals surface area contributed by atoms with Gasteiger partial charge in [0.05, 0.1) is 19.1 Å². The lowest BCUT2D eigenvalue weighted by Gasteiger charge is -2.31. The molecular formula is C15H26N2O4. The van der Waals surface area contributed by atoms with E-state index in [1.807, 2.05) is 6.92 Å². The third kappa shape index (κ3) is 4.97. The lowest BCUT2D eigenvalue weighted by Crippen LogP contribution is -2.47. The van der Waals surface area contributed by atoms with E-state index in [1.54, 1.807) is 0 Å². The molecule has 120 valence electrons. The van der Waals surface area contributed by atoms with Gasteiger partial charge in [0, 0.05) is 31.6 Å². The van der Waals surface area contributed by atoms with Crippen molar-refractivity contribution in [1.82, 2.24) is 10.2 Å². The second kappa shape index (κ2) is 7.75. The molecule has 2 aliphatic rings. The van der Waals surface area contributed by atoms with Crippen molar-refractivity contribution in [3.63, 3.8) is 0 Å². The van der Waals surface area contributed by atoms with Crippen LogP contribution in [0.3, 0.4) is 0 Å². The van der Waals surface area contributed by atoms with Gasteiger partial charge < -0.3 is 15.2 Å². The van der Waals surface area contributed by atoms with E-state index in [4.69, 9.17) is 9.84 Å². The molecule has 0 aromatic carbocycles. The summed E-state index contributed by atoms with van der Waals surface area (Å²) in [7, 11) is 0. The summed E-state index contributed by atoms with van der Waals surface area (Å²) in [6.07, 6.45) is 2.61. The molecule has 1 aliphatic carbocycles.